The van der Waals surface area contributed by atoms with E-state index in [2.05, 4.69) is 30.9 Å². The molecule has 0 atom stereocenters. The van der Waals surface area contributed by atoms with Crippen LogP contribution in [0.25, 0.3) is 0 Å². The largest absolute Gasteiger partial charge is 0.481 e. The first kappa shape index (κ1) is 15.9. The molecule has 0 fully saturated rings. The number of thioether (sulfide) groups is 1. The van der Waals surface area contributed by atoms with Crippen LogP contribution in [0, 0.1) is 6.92 Å². The Kier molecular flexibility index (Phi) is 7.41. The van der Waals surface area contributed by atoms with Crippen LogP contribution in [0.1, 0.15) is 25.3 Å². The molecule has 1 aromatic carbocycles. The summed E-state index contributed by atoms with van der Waals surface area (Å²) in [6.45, 7) is 5.74. The van der Waals surface area contributed by atoms with Crippen LogP contribution in [-0.4, -0.2) is 35.7 Å². The van der Waals surface area contributed by atoms with E-state index in [-0.39, 0.29) is 6.42 Å². The SMILES string of the molecule is CCSCCCN(CCC(=O)O)c1ccccc1C. The molecule has 0 unspecified atom stereocenters. The predicted octanol–water partition coefficient (Wildman–Crippen LogP) is 3.42. The molecule has 0 aliphatic carbocycles. The van der Waals surface area contributed by atoms with E-state index in [1.54, 1.807) is 0 Å². The Morgan fingerprint density at radius 1 is 1.32 bits per heavy atom. The first-order chi connectivity index (χ1) is 9.15. The van der Waals surface area contributed by atoms with Crippen LogP contribution in [0.15, 0.2) is 24.3 Å². The molecule has 0 bridgehead atoms. The lowest BCUT2D eigenvalue weighted by Crippen LogP contribution is -2.28. The van der Waals surface area contributed by atoms with Gasteiger partial charge in [0.2, 0.25) is 0 Å². The van der Waals surface area contributed by atoms with Crippen LogP contribution in [0.5, 0.6) is 0 Å². The van der Waals surface area contributed by atoms with Crippen LogP contribution in [0.4, 0.5) is 5.69 Å². The van der Waals surface area contributed by atoms with E-state index in [4.69, 9.17) is 5.11 Å². The van der Waals surface area contributed by atoms with Crippen molar-refractivity contribution in [2.45, 2.75) is 26.7 Å². The molecule has 0 saturated heterocycles. The fraction of sp³-hybridized carbons (Fsp3) is 0.533. The topological polar surface area (TPSA) is 40.5 Å². The quantitative estimate of drug-likeness (QED) is 0.704. The summed E-state index contributed by atoms with van der Waals surface area (Å²) in [6.07, 6.45) is 1.28. The molecular weight excluding hydrogens is 258 g/mol. The summed E-state index contributed by atoms with van der Waals surface area (Å²) in [7, 11) is 0. The van der Waals surface area contributed by atoms with E-state index in [0.29, 0.717) is 6.54 Å². The smallest absolute Gasteiger partial charge is 0.305 e. The van der Waals surface area contributed by atoms with Crippen molar-refractivity contribution in [1.29, 1.82) is 0 Å². The number of nitrogens with zero attached hydrogens (tertiary/aromatic N) is 1. The van der Waals surface area contributed by atoms with Crippen LogP contribution < -0.4 is 4.90 Å². The number of hydrogen-bond acceptors (Lipinski definition) is 3. The van der Waals surface area contributed by atoms with Crippen molar-refractivity contribution in [3.63, 3.8) is 0 Å². The molecule has 19 heavy (non-hydrogen) atoms. The fourth-order valence-corrected chi connectivity index (χ4v) is 2.63. The minimum absolute atomic E-state index is 0.190. The molecule has 1 aromatic rings. The molecule has 0 radical (unpaired) electrons. The monoisotopic (exact) mass is 281 g/mol. The molecule has 0 spiro atoms. The number of rotatable bonds is 9. The first-order valence-electron chi connectivity index (χ1n) is 6.75. The number of hydrogen-bond donors (Lipinski definition) is 1. The van der Waals surface area contributed by atoms with Gasteiger partial charge in [-0.05, 0) is 36.5 Å². The Hall–Kier alpha value is -1.16. The maximum absolute atomic E-state index is 10.8. The highest BCUT2D eigenvalue weighted by Gasteiger charge is 2.10. The molecule has 4 heteroatoms. The number of carboxylic acid groups (broad SMARTS) is 1. The van der Waals surface area contributed by atoms with E-state index in [1.807, 2.05) is 23.9 Å². The number of para-hydroxylation sites is 1. The van der Waals surface area contributed by atoms with Crippen molar-refractivity contribution >= 4 is 23.4 Å². The standard InChI is InChI=1S/C15H23NO2S/c1-3-19-12-6-10-16(11-9-15(17)18)14-8-5-4-7-13(14)2/h4-5,7-8H,3,6,9-12H2,1-2H3,(H,17,18). The van der Waals surface area contributed by atoms with Gasteiger partial charge in [-0.2, -0.15) is 11.8 Å². The molecular formula is C15H23NO2S. The van der Waals surface area contributed by atoms with Crippen molar-refractivity contribution in [3.8, 4) is 0 Å². The van der Waals surface area contributed by atoms with E-state index in [9.17, 15) is 4.79 Å². The van der Waals surface area contributed by atoms with Gasteiger partial charge in [0.15, 0.2) is 0 Å². The molecule has 1 N–H and O–H groups in total. The Morgan fingerprint density at radius 3 is 2.68 bits per heavy atom. The van der Waals surface area contributed by atoms with Gasteiger partial charge in [0.1, 0.15) is 0 Å². The number of aryl methyl sites for hydroxylation is 1. The third-order valence-corrected chi connectivity index (χ3v) is 3.96. The van der Waals surface area contributed by atoms with Gasteiger partial charge in [0.25, 0.3) is 0 Å². The van der Waals surface area contributed by atoms with Crippen molar-refractivity contribution in [1.82, 2.24) is 0 Å². The van der Waals surface area contributed by atoms with Crippen LogP contribution in [0.3, 0.4) is 0 Å². The maximum Gasteiger partial charge on any atom is 0.305 e. The van der Waals surface area contributed by atoms with Crippen molar-refractivity contribution in [3.05, 3.63) is 29.8 Å². The zero-order valence-electron chi connectivity index (χ0n) is 11.8. The molecule has 0 aliphatic heterocycles. The summed E-state index contributed by atoms with van der Waals surface area (Å²) < 4.78 is 0. The van der Waals surface area contributed by atoms with Crippen LogP contribution in [-0.2, 0) is 4.79 Å². The summed E-state index contributed by atoms with van der Waals surface area (Å²) in [5, 5.41) is 8.86. The third kappa shape index (κ3) is 6.01. The molecule has 0 aliphatic rings. The third-order valence-electron chi connectivity index (χ3n) is 2.97. The summed E-state index contributed by atoms with van der Waals surface area (Å²) in [4.78, 5) is 13.0. The predicted molar refractivity (Wildman–Crippen MR) is 83.3 cm³/mol. The van der Waals surface area contributed by atoms with Gasteiger partial charge in [-0.15, -0.1) is 0 Å². The van der Waals surface area contributed by atoms with Gasteiger partial charge in [0.05, 0.1) is 6.42 Å². The molecule has 106 valence electrons. The lowest BCUT2D eigenvalue weighted by atomic mass is 10.1. The lowest BCUT2D eigenvalue weighted by Gasteiger charge is -2.26. The molecule has 0 heterocycles. The number of anilines is 1. The normalized spacial score (nSPS) is 10.4. The second-order valence-corrected chi connectivity index (χ2v) is 5.86. The Morgan fingerprint density at radius 2 is 2.05 bits per heavy atom. The highest BCUT2D eigenvalue weighted by molar-refractivity contribution is 7.99. The first-order valence-corrected chi connectivity index (χ1v) is 7.90. The number of carbonyl (C=O) groups is 1. The summed E-state index contributed by atoms with van der Waals surface area (Å²) in [5.74, 6) is 1.53. The number of aliphatic carboxylic acids is 1. The summed E-state index contributed by atoms with van der Waals surface area (Å²) in [5.41, 5.74) is 2.36. The van der Waals surface area contributed by atoms with Crippen molar-refractivity contribution in [2.75, 3.05) is 29.5 Å². The minimum Gasteiger partial charge on any atom is -0.481 e. The molecule has 0 aromatic heterocycles. The van der Waals surface area contributed by atoms with Gasteiger partial charge in [-0.25, -0.2) is 0 Å². The van der Waals surface area contributed by atoms with E-state index in [1.165, 1.54) is 5.56 Å². The van der Waals surface area contributed by atoms with E-state index in [0.717, 1.165) is 30.2 Å². The Bertz CT molecular complexity index is 395. The van der Waals surface area contributed by atoms with Gasteiger partial charge >= 0.3 is 5.97 Å². The molecule has 1 rings (SSSR count). The number of carboxylic acids is 1. The van der Waals surface area contributed by atoms with Crippen LogP contribution in [0.2, 0.25) is 0 Å². The Labute approximate surface area is 120 Å². The highest BCUT2D eigenvalue weighted by Crippen LogP contribution is 2.20. The zero-order chi connectivity index (χ0) is 14.1. The van der Waals surface area contributed by atoms with E-state index >= 15 is 0 Å². The van der Waals surface area contributed by atoms with Gasteiger partial charge < -0.3 is 10.0 Å². The zero-order valence-corrected chi connectivity index (χ0v) is 12.6. The van der Waals surface area contributed by atoms with Crippen LogP contribution >= 0.6 is 11.8 Å². The van der Waals surface area contributed by atoms with E-state index < -0.39 is 5.97 Å². The lowest BCUT2D eigenvalue weighted by molar-refractivity contribution is -0.136. The Balaban J connectivity index is 2.63. The van der Waals surface area contributed by atoms with Crippen molar-refractivity contribution in [2.24, 2.45) is 0 Å². The minimum atomic E-state index is -0.735. The summed E-state index contributed by atoms with van der Waals surface area (Å²) >= 11 is 1.93. The molecule has 0 saturated carbocycles. The average Bonchev–Trinajstić information content (AvgIpc) is 2.39. The average molecular weight is 281 g/mol. The molecule has 0 amide bonds. The molecule has 3 nitrogen and oxygen atoms in total. The van der Waals surface area contributed by atoms with Gasteiger partial charge in [-0.1, -0.05) is 25.1 Å². The van der Waals surface area contributed by atoms with Gasteiger partial charge in [-0.3, -0.25) is 4.79 Å². The number of benzene rings is 1. The van der Waals surface area contributed by atoms with Gasteiger partial charge in [0, 0.05) is 18.8 Å². The maximum atomic E-state index is 10.8. The second-order valence-electron chi connectivity index (χ2n) is 4.47. The summed E-state index contributed by atoms with van der Waals surface area (Å²) in [6, 6.07) is 8.17. The fourth-order valence-electron chi connectivity index (χ4n) is 2.00. The van der Waals surface area contributed by atoms with Crippen molar-refractivity contribution < 1.29 is 9.90 Å². The highest BCUT2D eigenvalue weighted by atomic mass is 32.2. The second kappa shape index (κ2) is 8.86.